The Balaban J connectivity index is 2.05. The molecule has 20 heavy (non-hydrogen) atoms. The molecule has 0 bridgehead atoms. The average molecular weight is 270 g/mol. The standard InChI is InChI=1S/C16H18N2O2/c1-11-5-3-4-6-13(11)10-18-16(19)12-7-8-15(20-2)14(17)9-12/h3-9H,10,17H2,1-2H3,(H,18,19). The van der Waals surface area contributed by atoms with Crippen LogP contribution in [0, 0.1) is 6.92 Å². The van der Waals surface area contributed by atoms with E-state index in [1.807, 2.05) is 31.2 Å². The maximum atomic E-state index is 12.1. The Morgan fingerprint density at radius 1 is 1.25 bits per heavy atom. The van der Waals surface area contributed by atoms with Crippen molar-refractivity contribution >= 4 is 11.6 Å². The van der Waals surface area contributed by atoms with Gasteiger partial charge in [-0.25, -0.2) is 0 Å². The number of rotatable bonds is 4. The van der Waals surface area contributed by atoms with Crippen LogP contribution in [0.2, 0.25) is 0 Å². The summed E-state index contributed by atoms with van der Waals surface area (Å²) in [6, 6.07) is 13.0. The van der Waals surface area contributed by atoms with Gasteiger partial charge in [0.2, 0.25) is 0 Å². The zero-order valence-electron chi connectivity index (χ0n) is 11.6. The summed E-state index contributed by atoms with van der Waals surface area (Å²) < 4.78 is 5.07. The van der Waals surface area contributed by atoms with Crippen LogP contribution in [0.1, 0.15) is 21.5 Å². The van der Waals surface area contributed by atoms with Crippen molar-refractivity contribution in [1.29, 1.82) is 0 Å². The van der Waals surface area contributed by atoms with Crippen molar-refractivity contribution in [2.45, 2.75) is 13.5 Å². The summed E-state index contributed by atoms with van der Waals surface area (Å²) in [4.78, 5) is 12.1. The molecule has 0 saturated heterocycles. The van der Waals surface area contributed by atoms with E-state index < -0.39 is 0 Å². The molecular weight excluding hydrogens is 252 g/mol. The van der Waals surface area contributed by atoms with E-state index in [9.17, 15) is 4.79 Å². The molecule has 3 N–H and O–H groups in total. The van der Waals surface area contributed by atoms with Crippen molar-refractivity contribution < 1.29 is 9.53 Å². The minimum absolute atomic E-state index is 0.150. The lowest BCUT2D eigenvalue weighted by Crippen LogP contribution is -2.23. The number of amides is 1. The van der Waals surface area contributed by atoms with Crippen LogP contribution in [0.25, 0.3) is 0 Å². The van der Waals surface area contributed by atoms with Crippen LogP contribution in [0.4, 0.5) is 5.69 Å². The van der Waals surface area contributed by atoms with Crippen LogP contribution in [0.5, 0.6) is 5.75 Å². The monoisotopic (exact) mass is 270 g/mol. The Morgan fingerprint density at radius 2 is 2.00 bits per heavy atom. The second kappa shape index (κ2) is 6.10. The second-order valence-electron chi connectivity index (χ2n) is 4.57. The van der Waals surface area contributed by atoms with Gasteiger partial charge in [-0.1, -0.05) is 24.3 Å². The van der Waals surface area contributed by atoms with Gasteiger partial charge in [0, 0.05) is 12.1 Å². The molecule has 0 aromatic heterocycles. The predicted molar refractivity (Wildman–Crippen MR) is 79.8 cm³/mol. The van der Waals surface area contributed by atoms with Crippen molar-refractivity contribution in [3.8, 4) is 5.75 Å². The molecule has 0 radical (unpaired) electrons. The molecular formula is C16H18N2O2. The zero-order valence-corrected chi connectivity index (χ0v) is 11.6. The molecule has 104 valence electrons. The van der Waals surface area contributed by atoms with Crippen LogP contribution in [0.3, 0.4) is 0 Å². The van der Waals surface area contributed by atoms with Crippen molar-refractivity contribution in [2.75, 3.05) is 12.8 Å². The summed E-state index contributed by atoms with van der Waals surface area (Å²) in [5, 5.41) is 2.89. The first-order valence-corrected chi connectivity index (χ1v) is 6.38. The largest absolute Gasteiger partial charge is 0.495 e. The number of benzene rings is 2. The van der Waals surface area contributed by atoms with E-state index >= 15 is 0 Å². The average Bonchev–Trinajstić information content (AvgIpc) is 2.46. The fourth-order valence-corrected chi connectivity index (χ4v) is 1.96. The number of methoxy groups -OCH3 is 1. The molecule has 0 aliphatic rings. The van der Waals surface area contributed by atoms with Gasteiger partial charge in [0.25, 0.3) is 5.91 Å². The number of ether oxygens (including phenoxy) is 1. The van der Waals surface area contributed by atoms with Gasteiger partial charge < -0.3 is 15.8 Å². The number of hydrogen-bond acceptors (Lipinski definition) is 3. The highest BCUT2D eigenvalue weighted by Gasteiger charge is 2.08. The number of nitrogens with one attached hydrogen (secondary N) is 1. The normalized spacial score (nSPS) is 10.1. The molecule has 2 rings (SSSR count). The van der Waals surface area contributed by atoms with Gasteiger partial charge in [0.05, 0.1) is 12.8 Å². The number of nitrogens with two attached hydrogens (primary N) is 1. The van der Waals surface area contributed by atoms with Gasteiger partial charge in [-0.05, 0) is 36.2 Å². The number of aryl methyl sites for hydroxylation is 1. The minimum Gasteiger partial charge on any atom is -0.495 e. The molecule has 0 fully saturated rings. The van der Waals surface area contributed by atoms with E-state index in [2.05, 4.69) is 5.32 Å². The SMILES string of the molecule is COc1ccc(C(=O)NCc2ccccc2C)cc1N. The van der Waals surface area contributed by atoms with E-state index in [-0.39, 0.29) is 5.91 Å². The molecule has 2 aromatic rings. The molecule has 0 heterocycles. The number of nitrogen functional groups attached to an aromatic ring is 1. The molecule has 4 nitrogen and oxygen atoms in total. The Morgan fingerprint density at radius 3 is 2.65 bits per heavy atom. The second-order valence-corrected chi connectivity index (χ2v) is 4.57. The third-order valence-electron chi connectivity index (χ3n) is 3.19. The fourth-order valence-electron chi connectivity index (χ4n) is 1.96. The van der Waals surface area contributed by atoms with Crippen molar-refractivity contribution in [3.05, 3.63) is 59.2 Å². The topological polar surface area (TPSA) is 64.3 Å². The van der Waals surface area contributed by atoms with Gasteiger partial charge in [-0.15, -0.1) is 0 Å². The Labute approximate surface area is 118 Å². The summed E-state index contributed by atoms with van der Waals surface area (Å²) in [6.45, 7) is 2.52. The first kappa shape index (κ1) is 13.9. The summed E-state index contributed by atoms with van der Waals surface area (Å²) in [6.07, 6.45) is 0. The van der Waals surface area contributed by atoms with E-state index in [1.165, 1.54) is 0 Å². The first-order valence-electron chi connectivity index (χ1n) is 6.38. The number of carbonyl (C=O) groups is 1. The van der Waals surface area contributed by atoms with Gasteiger partial charge in [-0.3, -0.25) is 4.79 Å². The molecule has 0 unspecified atom stereocenters. The van der Waals surface area contributed by atoms with E-state index in [0.717, 1.165) is 11.1 Å². The van der Waals surface area contributed by atoms with E-state index in [1.54, 1.807) is 25.3 Å². The van der Waals surface area contributed by atoms with Crippen LogP contribution in [-0.2, 0) is 6.54 Å². The van der Waals surface area contributed by atoms with Gasteiger partial charge in [0.1, 0.15) is 5.75 Å². The third-order valence-corrected chi connectivity index (χ3v) is 3.19. The lowest BCUT2D eigenvalue weighted by atomic mass is 10.1. The number of anilines is 1. The van der Waals surface area contributed by atoms with Gasteiger partial charge >= 0.3 is 0 Å². The molecule has 0 spiro atoms. The lowest BCUT2D eigenvalue weighted by molar-refractivity contribution is 0.0951. The smallest absolute Gasteiger partial charge is 0.251 e. The Bertz CT molecular complexity index is 624. The maximum absolute atomic E-state index is 12.1. The highest BCUT2D eigenvalue weighted by Crippen LogP contribution is 2.21. The van der Waals surface area contributed by atoms with Gasteiger partial charge in [0.15, 0.2) is 0 Å². The minimum atomic E-state index is -0.150. The predicted octanol–water partition coefficient (Wildman–Crippen LogP) is 2.52. The van der Waals surface area contributed by atoms with Crippen molar-refractivity contribution in [2.24, 2.45) is 0 Å². The van der Waals surface area contributed by atoms with Crippen LogP contribution in [0.15, 0.2) is 42.5 Å². The quantitative estimate of drug-likeness (QED) is 0.839. The van der Waals surface area contributed by atoms with Crippen molar-refractivity contribution in [1.82, 2.24) is 5.32 Å². The molecule has 0 saturated carbocycles. The highest BCUT2D eigenvalue weighted by molar-refractivity contribution is 5.95. The number of carbonyl (C=O) groups excluding carboxylic acids is 1. The molecule has 0 aliphatic heterocycles. The molecule has 0 atom stereocenters. The van der Waals surface area contributed by atoms with Crippen LogP contribution >= 0.6 is 0 Å². The summed E-state index contributed by atoms with van der Waals surface area (Å²) in [5.74, 6) is 0.419. The van der Waals surface area contributed by atoms with Crippen molar-refractivity contribution in [3.63, 3.8) is 0 Å². The molecule has 2 aromatic carbocycles. The zero-order chi connectivity index (χ0) is 14.5. The lowest BCUT2D eigenvalue weighted by Gasteiger charge is -2.09. The third kappa shape index (κ3) is 3.09. The van der Waals surface area contributed by atoms with Crippen LogP contribution < -0.4 is 15.8 Å². The van der Waals surface area contributed by atoms with Gasteiger partial charge in [-0.2, -0.15) is 0 Å². The Hall–Kier alpha value is -2.49. The van der Waals surface area contributed by atoms with Crippen LogP contribution in [-0.4, -0.2) is 13.0 Å². The molecule has 1 amide bonds. The first-order chi connectivity index (χ1) is 9.61. The number of hydrogen-bond donors (Lipinski definition) is 2. The summed E-state index contributed by atoms with van der Waals surface area (Å²) >= 11 is 0. The highest BCUT2D eigenvalue weighted by atomic mass is 16.5. The Kier molecular flexibility index (Phi) is 4.25. The summed E-state index contributed by atoms with van der Waals surface area (Å²) in [5.41, 5.74) is 9.03. The fraction of sp³-hybridized carbons (Fsp3) is 0.188. The maximum Gasteiger partial charge on any atom is 0.251 e. The van der Waals surface area contributed by atoms with E-state index in [4.69, 9.17) is 10.5 Å². The van der Waals surface area contributed by atoms with E-state index in [0.29, 0.717) is 23.5 Å². The molecule has 0 aliphatic carbocycles. The molecule has 4 heteroatoms. The summed E-state index contributed by atoms with van der Waals surface area (Å²) in [7, 11) is 1.55.